The van der Waals surface area contributed by atoms with Crippen LogP contribution in [0.4, 0.5) is 0 Å². The van der Waals surface area contributed by atoms with E-state index in [1.807, 2.05) is 13.0 Å². The first-order valence-electron chi connectivity index (χ1n) is 5.21. The van der Waals surface area contributed by atoms with Gasteiger partial charge in [0.2, 0.25) is 5.89 Å². The van der Waals surface area contributed by atoms with Crippen LogP contribution in [0.25, 0.3) is 0 Å². The molecule has 3 nitrogen and oxygen atoms in total. The highest BCUT2D eigenvalue weighted by atomic mass is 79.9. The van der Waals surface area contributed by atoms with Crippen molar-refractivity contribution in [3.8, 4) is 0 Å². The summed E-state index contributed by atoms with van der Waals surface area (Å²) in [5, 5.41) is 3.29. The second-order valence-electron chi connectivity index (χ2n) is 3.72. The number of benzene rings is 1. The molecule has 0 bridgehead atoms. The molecule has 0 aliphatic rings. The Balaban J connectivity index is 1.87. The summed E-state index contributed by atoms with van der Waals surface area (Å²) < 4.78 is 7.49. The van der Waals surface area contributed by atoms with Gasteiger partial charge in [-0.1, -0.05) is 6.07 Å². The van der Waals surface area contributed by atoms with Crippen molar-refractivity contribution in [2.75, 3.05) is 0 Å². The van der Waals surface area contributed by atoms with E-state index in [-0.39, 0.29) is 0 Å². The molecule has 0 atom stereocenters. The van der Waals surface area contributed by atoms with Gasteiger partial charge in [0.05, 0.1) is 12.7 Å². The maximum Gasteiger partial charge on any atom is 0.208 e. The van der Waals surface area contributed by atoms with Crippen molar-refractivity contribution < 1.29 is 4.42 Å². The second kappa shape index (κ2) is 5.80. The number of hydrogen-bond acceptors (Lipinski definition) is 3. The summed E-state index contributed by atoms with van der Waals surface area (Å²) in [7, 11) is 0. The number of nitrogens with one attached hydrogen (secondary N) is 1. The van der Waals surface area contributed by atoms with Crippen molar-refractivity contribution in [2.24, 2.45) is 0 Å². The SMILES string of the molecule is Cc1cnc(CNCc2ccc(Br)c(Br)c2)o1. The van der Waals surface area contributed by atoms with E-state index in [2.05, 4.69) is 54.3 Å². The van der Waals surface area contributed by atoms with Gasteiger partial charge in [0.25, 0.3) is 0 Å². The highest BCUT2D eigenvalue weighted by Gasteiger charge is 2.01. The first-order valence-corrected chi connectivity index (χ1v) is 6.79. The van der Waals surface area contributed by atoms with Gasteiger partial charge in [0, 0.05) is 15.5 Å². The summed E-state index contributed by atoms with van der Waals surface area (Å²) in [6.45, 7) is 3.32. The third kappa shape index (κ3) is 3.66. The highest BCUT2D eigenvalue weighted by molar-refractivity contribution is 9.13. The summed E-state index contributed by atoms with van der Waals surface area (Å²) >= 11 is 6.93. The van der Waals surface area contributed by atoms with E-state index in [9.17, 15) is 0 Å². The molecule has 5 heteroatoms. The molecule has 0 spiro atoms. The largest absolute Gasteiger partial charge is 0.445 e. The summed E-state index contributed by atoms with van der Waals surface area (Å²) in [6.07, 6.45) is 1.73. The van der Waals surface area contributed by atoms with Crippen molar-refractivity contribution in [2.45, 2.75) is 20.0 Å². The quantitative estimate of drug-likeness (QED) is 0.902. The minimum Gasteiger partial charge on any atom is -0.445 e. The molecule has 0 aliphatic carbocycles. The first-order chi connectivity index (χ1) is 8.15. The zero-order valence-corrected chi connectivity index (χ0v) is 12.5. The predicted octanol–water partition coefficient (Wildman–Crippen LogP) is 3.80. The molecule has 2 aromatic rings. The van der Waals surface area contributed by atoms with Crippen LogP contribution in [0.15, 0.2) is 37.8 Å². The Kier molecular flexibility index (Phi) is 4.36. The van der Waals surface area contributed by atoms with Crippen LogP contribution in [0, 0.1) is 6.92 Å². The molecule has 0 fully saturated rings. The number of aromatic nitrogens is 1. The van der Waals surface area contributed by atoms with Crippen molar-refractivity contribution in [1.82, 2.24) is 10.3 Å². The molecule has 0 saturated carbocycles. The van der Waals surface area contributed by atoms with Crippen LogP contribution in [-0.2, 0) is 13.1 Å². The molecule has 1 N–H and O–H groups in total. The summed E-state index contributed by atoms with van der Waals surface area (Å²) in [5.41, 5.74) is 1.21. The normalized spacial score (nSPS) is 10.8. The minimum absolute atomic E-state index is 0.640. The van der Waals surface area contributed by atoms with Crippen molar-refractivity contribution in [3.63, 3.8) is 0 Å². The second-order valence-corrected chi connectivity index (χ2v) is 5.43. The van der Waals surface area contributed by atoms with Crippen LogP contribution in [-0.4, -0.2) is 4.98 Å². The summed E-state index contributed by atoms with van der Waals surface area (Å²) in [6, 6.07) is 6.18. The van der Waals surface area contributed by atoms with Crippen molar-refractivity contribution >= 4 is 31.9 Å². The van der Waals surface area contributed by atoms with E-state index in [0.29, 0.717) is 6.54 Å². The topological polar surface area (TPSA) is 38.1 Å². The average Bonchev–Trinajstić information content (AvgIpc) is 2.70. The Bertz CT molecular complexity index is 511. The minimum atomic E-state index is 0.640. The van der Waals surface area contributed by atoms with Gasteiger partial charge < -0.3 is 9.73 Å². The van der Waals surface area contributed by atoms with E-state index < -0.39 is 0 Å². The number of oxazole rings is 1. The monoisotopic (exact) mass is 358 g/mol. The van der Waals surface area contributed by atoms with Crippen LogP contribution in [0.5, 0.6) is 0 Å². The number of hydrogen-bond donors (Lipinski definition) is 1. The lowest BCUT2D eigenvalue weighted by molar-refractivity contribution is 0.449. The molecule has 0 saturated heterocycles. The summed E-state index contributed by atoms with van der Waals surface area (Å²) in [4.78, 5) is 4.13. The number of aryl methyl sites for hydroxylation is 1. The molecule has 1 aromatic carbocycles. The number of nitrogens with zero attached hydrogens (tertiary/aromatic N) is 1. The Morgan fingerprint density at radius 2 is 2.06 bits per heavy atom. The van der Waals surface area contributed by atoms with Gasteiger partial charge in [-0.3, -0.25) is 0 Å². The molecule has 90 valence electrons. The van der Waals surface area contributed by atoms with E-state index in [1.54, 1.807) is 6.20 Å². The zero-order chi connectivity index (χ0) is 12.3. The van der Waals surface area contributed by atoms with Crippen LogP contribution < -0.4 is 5.32 Å². The number of rotatable bonds is 4. The Hall–Kier alpha value is -0.650. The molecule has 0 amide bonds. The van der Waals surface area contributed by atoms with Gasteiger partial charge >= 0.3 is 0 Å². The lowest BCUT2D eigenvalue weighted by atomic mass is 10.2. The Labute approximate surface area is 117 Å². The van der Waals surface area contributed by atoms with E-state index in [0.717, 1.165) is 27.1 Å². The molecule has 1 heterocycles. The average molecular weight is 360 g/mol. The summed E-state index contributed by atoms with van der Waals surface area (Å²) in [5.74, 6) is 1.56. The smallest absolute Gasteiger partial charge is 0.208 e. The van der Waals surface area contributed by atoms with Gasteiger partial charge in [-0.2, -0.15) is 0 Å². The number of halogens is 2. The Morgan fingerprint density at radius 3 is 2.71 bits per heavy atom. The van der Waals surface area contributed by atoms with E-state index >= 15 is 0 Å². The van der Waals surface area contributed by atoms with Gasteiger partial charge in [-0.05, 0) is 56.5 Å². The predicted molar refractivity (Wildman–Crippen MR) is 73.6 cm³/mol. The highest BCUT2D eigenvalue weighted by Crippen LogP contribution is 2.23. The molecule has 1 aromatic heterocycles. The fourth-order valence-electron chi connectivity index (χ4n) is 1.45. The van der Waals surface area contributed by atoms with Gasteiger partial charge in [-0.25, -0.2) is 4.98 Å². The fourth-order valence-corrected chi connectivity index (χ4v) is 2.12. The molecule has 0 radical (unpaired) electrons. The lowest BCUT2D eigenvalue weighted by Crippen LogP contribution is -2.12. The van der Waals surface area contributed by atoms with E-state index in [1.165, 1.54) is 5.56 Å². The Morgan fingerprint density at radius 1 is 1.24 bits per heavy atom. The van der Waals surface area contributed by atoms with Crippen molar-refractivity contribution in [1.29, 1.82) is 0 Å². The lowest BCUT2D eigenvalue weighted by Gasteiger charge is -2.04. The van der Waals surface area contributed by atoms with Gasteiger partial charge in [-0.15, -0.1) is 0 Å². The standard InChI is InChI=1S/C12H12Br2N2O/c1-8-5-16-12(17-8)7-15-6-9-2-3-10(13)11(14)4-9/h2-5,15H,6-7H2,1H3. The van der Waals surface area contributed by atoms with Crippen LogP contribution in [0.2, 0.25) is 0 Å². The van der Waals surface area contributed by atoms with Crippen LogP contribution in [0.1, 0.15) is 17.2 Å². The third-order valence-electron chi connectivity index (χ3n) is 2.26. The zero-order valence-electron chi connectivity index (χ0n) is 9.34. The maximum atomic E-state index is 5.37. The van der Waals surface area contributed by atoms with Crippen molar-refractivity contribution in [3.05, 3.63) is 50.6 Å². The van der Waals surface area contributed by atoms with E-state index in [4.69, 9.17) is 4.42 Å². The van der Waals surface area contributed by atoms with Crippen LogP contribution >= 0.6 is 31.9 Å². The fraction of sp³-hybridized carbons (Fsp3) is 0.250. The van der Waals surface area contributed by atoms with Gasteiger partial charge in [0.1, 0.15) is 5.76 Å². The molecule has 2 rings (SSSR count). The van der Waals surface area contributed by atoms with Gasteiger partial charge in [0.15, 0.2) is 0 Å². The molecular formula is C12H12Br2N2O. The molecule has 17 heavy (non-hydrogen) atoms. The maximum absolute atomic E-state index is 5.37. The molecule has 0 aliphatic heterocycles. The third-order valence-corrected chi connectivity index (χ3v) is 4.14. The molecular weight excluding hydrogens is 348 g/mol. The molecule has 0 unspecified atom stereocenters. The van der Waals surface area contributed by atoms with Crippen LogP contribution in [0.3, 0.4) is 0 Å². The first kappa shape index (κ1) is 12.8.